The average molecular weight is 971 g/mol. The van der Waals surface area contributed by atoms with E-state index in [0.29, 0.717) is 11.1 Å². The molecule has 0 aliphatic carbocycles. The largest absolute Gasteiger partial charge is 0.422 e. The van der Waals surface area contributed by atoms with Crippen LogP contribution in [0.1, 0.15) is 78.0 Å². The van der Waals surface area contributed by atoms with Gasteiger partial charge >= 0.3 is 19.0 Å². The molecule has 3 aromatic carbocycles. The van der Waals surface area contributed by atoms with Crippen molar-refractivity contribution in [2.45, 2.75) is 128 Å². The molecule has 5 aromatic rings. The third-order valence-corrected chi connectivity index (χ3v) is 24.2. The number of rotatable bonds is 15. The first kappa shape index (κ1) is 49.9. The SMILES string of the molecule is Cc1cn([C@H]2C[C@H](O[Si](c3ccccc3)(c3ccccc3)C(C)(C)C)[C@@H](/C=C/P(=O)(Oc3ccccc3)O[C@H]3C[C@H](n4cc(C)c(=O)[nH]c4=O)O[C@@H]3CO[Si](C)(C)C(C)(C)C)O2)c(=O)[nH]c1=O. The van der Waals surface area contributed by atoms with Crippen LogP contribution in [0, 0.1) is 13.8 Å². The quantitative estimate of drug-likeness (QED) is 0.0787. The Bertz CT molecular complexity index is 2800. The fraction of sp³-hybridized carbons (Fsp3) is 0.429. The Hall–Kier alpha value is -4.98. The van der Waals surface area contributed by atoms with Crippen LogP contribution < -0.4 is 37.4 Å². The van der Waals surface area contributed by atoms with Gasteiger partial charge in [-0.25, -0.2) is 14.2 Å². The molecule has 0 radical (unpaired) electrons. The summed E-state index contributed by atoms with van der Waals surface area (Å²) in [6.07, 6.45) is -0.417. The standard InChI is InChI=1S/C49H63N4O11PSi2/c1-33-30-52(46(56)50-44(33)54)42-28-39(41(61-42)32-59-66(9,10)48(3,4)5)63-65(58,62-35-20-14-11-15-21-35)27-26-38-40(29-43(60-38)53-31-34(2)45(55)51-47(53)57)64-67(49(6,7)8,36-22-16-12-17-23-36)37-24-18-13-19-25-37/h11-27,30-31,38-43H,28-29,32H2,1-10H3,(H,50,54,56)(H,51,55,57)/b27-26+/t38-,39+,40+,41-,42-,43-,65?/m1/s1. The molecule has 2 aliphatic rings. The van der Waals surface area contributed by atoms with Gasteiger partial charge in [-0.3, -0.25) is 33.2 Å². The van der Waals surface area contributed by atoms with Crippen LogP contribution in [0.15, 0.2) is 134 Å². The first-order valence-electron chi connectivity index (χ1n) is 22.6. The highest BCUT2D eigenvalue weighted by Crippen LogP contribution is 2.54. The van der Waals surface area contributed by atoms with E-state index in [1.807, 2.05) is 42.5 Å². The molecule has 2 N–H and O–H groups in total. The van der Waals surface area contributed by atoms with E-state index in [-0.39, 0.29) is 30.2 Å². The van der Waals surface area contributed by atoms with Gasteiger partial charge in [0.15, 0.2) is 8.32 Å². The molecule has 18 heteroatoms. The fourth-order valence-electron chi connectivity index (χ4n) is 8.37. The average Bonchev–Trinajstić information content (AvgIpc) is 3.86. The minimum Gasteiger partial charge on any atom is -0.422 e. The maximum atomic E-state index is 15.6. The molecule has 0 bridgehead atoms. The summed E-state index contributed by atoms with van der Waals surface area (Å²) >= 11 is 0. The highest BCUT2D eigenvalue weighted by molar-refractivity contribution is 7.57. The number of ether oxygens (including phenoxy) is 2. The van der Waals surface area contributed by atoms with Crippen LogP contribution in [0.2, 0.25) is 23.2 Å². The highest BCUT2D eigenvalue weighted by Gasteiger charge is 2.54. The summed E-state index contributed by atoms with van der Waals surface area (Å²) in [7, 11) is -9.97. The van der Waals surface area contributed by atoms with Gasteiger partial charge in [0.1, 0.15) is 36.5 Å². The molecular weight excluding hydrogens is 908 g/mol. The number of para-hydroxylation sites is 1. The van der Waals surface area contributed by atoms with Gasteiger partial charge in [0, 0.05) is 42.2 Å². The second kappa shape index (κ2) is 19.6. The van der Waals surface area contributed by atoms with Crippen LogP contribution in [0.5, 0.6) is 5.75 Å². The van der Waals surface area contributed by atoms with Gasteiger partial charge in [-0.05, 0) is 65.6 Å². The lowest BCUT2D eigenvalue weighted by molar-refractivity contribution is -0.0402. The van der Waals surface area contributed by atoms with Crippen LogP contribution in [0.25, 0.3) is 0 Å². The molecule has 358 valence electrons. The molecule has 15 nitrogen and oxygen atoms in total. The highest BCUT2D eigenvalue weighted by atomic mass is 31.2. The zero-order chi connectivity index (χ0) is 48.5. The number of nitrogens with one attached hydrogen (secondary N) is 2. The smallest absolute Gasteiger partial charge is 0.403 e. The Morgan fingerprint density at radius 3 is 1.67 bits per heavy atom. The Kier molecular flexibility index (Phi) is 14.6. The summed E-state index contributed by atoms with van der Waals surface area (Å²) in [5.41, 5.74) is -1.68. The molecule has 7 rings (SSSR count). The molecule has 0 amide bonds. The number of benzene rings is 3. The summed E-state index contributed by atoms with van der Waals surface area (Å²) in [4.78, 5) is 56.2. The Morgan fingerprint density at radius 1 is 0.701 bits per heavy atom. The zero-order valence-corrected chi connectivity index (χ0v) is 42.8. The molecule has 67 heavy (non-hydrogen) atoms. The molecule has 2 aliphatic heterocycles. The lowest BCUT2D eigenvalue weighted by atomic mass is 10.2. The van der Waals surface area contributed by atoms with E-state index < -0.39 is 88.6 Å². The predicted molar refractivity (Wildman–Crippen MR) is 264 cm³/mol. The Balaban J connectivity index is 1.31. The molecule has 2 saturated heterocycles. The summed E-state index contributed by atoms with van der Waals surface area (Å²) < 4.78 is 58.7. The summed E-state index contributed by atoms with van der Waals surface area (Å²) in [6.45, 7) is 20.3. The monoisotopic (exact) mass is 970 g/mol. The molecular formula is C49H63N4O11PSi2. The number of aromatic nitrogens is 4. The van der Waals surface area contributed by atoms with Crippen LogP contribution in [0.4, 0.5) is 0 Å². The maximum absolute atomic E-state index is 15.6. The zero-order valence-electron chi connectivity index (χ0n) is 39.9. The van der Waals surface area contributed by atoms with Crippen molar-refractivity contribution in [3.63, 3.8) is 0 Å². The number of nitrogens with zero attached hydrogens (tertiary/aromatic N) is 2. The molecule has 2 fully saturated rings. The number of aryl methyl sites for hydroxylation is 2. The third-order valence-electron chi connectivity index (χ3n) is 13.1. The summed E-state index contributed by atoms with van der Waals surface area (Å²) in [6, 6.07) is 28.9. The van der Waals surface area contributed by atoms with Gasteiger partial charge in [0.05, 0.1) is 12.7 Å². The van der Waals surface area contributed by atoms with Gasteiger partial charge < -0.3 is 22.8 Å². The van der Waals surface area contributed by atoms with Crippen LogP contribution >= 0.6 is 7.60 Å². The third kappa shape index (κ3) is 10.8. The Morgan fingerprint density at radius 2 is 1.18 bits per heavy atom. The van der Waals surface area contributed by atoms with Gasteiger partial charge in [-0.2, -0.15) is 0 Å². The van der Waals surface area contributed by atoms with Gasteiger partial charge in [0.25, 0.3) is 19.4 Å². The van der Waals surface area contributed by atoms with E-state index in [9.17, 15) is 19.2 Å². The van der Waals surface area contributed by atoms with E-state index in [1.165, 1.54) is 27.3 Å². The number of hydrogen-bond acceptors (Lipinski definition) is 11. The van der Waals surface area contributed by atoms with Gasteiger partial charge in [-0.15, -0.1) is 0 Å². The molecule has 4 heterocycles. The van der Waals surface area contributed by atoms with Crippen molar-refractivity contribution in [2.75, 3.05) is 6.61 Å². The lowest BCUT2D eigenvalue weighted by Crippen LogP contribution is -2.68. The minimum absolute atomic E-state index is 0.0585. The second-order valence-electron chi connectivity index (χ2n) is 19.9. The van der Waals surface area contributed by atoms with E-state index in [2.05, 4.69) is 88.9 Å². The fourth-order valence-corrected chi connectivity index (χ4v) is 15.7. The predicted octanol–water partition coefficient (Wildman–Crippen LogP) is 7.42. The van der Waals surface area contributed by atoms with Crippen molar-refractivity contribution < 1.29 is 31.9 Å². The van der Waals surface area contributed by atoms with E-state index in [1.54, 1.807) is 44.2 Å². The number of H-pyrrole nitrogens is 2. The van der Waals surface area contributed by atoms with Crippen molar-refractivity contribution in [2.24, 2.45) is 0 Å². The van der Waals surface area contributed by atoms with Gasteiger partial charge in [-0.1, -0.05) is 120 Å². The van der Waals surface area contributed by atoms with Crippen LogP contribution in [0.3, 0.4) is 0 Å². The van der Waals surface area contributed by atoms with Crippen molar-refractivity contribution in [3.05, 3.63) is 168 Å². The molecule has 0 spiro atoms. The normalized spacial score (nSPS) is 22.5. The van der Waals surface area contributed by atoms with E-state index in [0.717, 1.165) is 10.4 Å². The molecule has 0 saturated carbocycles. The maximum Gasteiger partial charge on any atom is 0.403 e. The van der Waals surface area contributed by atoms with Crippen molar-refractivity contribution in [3.8, 4) is 5.75 Å². The minimum atomic E-state index is -4.36. The first-order chi connectivity index (χ1) is 31.5. The van der Waals surface area contributed by atoms with Crippen LogP contribution in [-0.4, -0.2) is 66.8 Å². The molecule has 2 aromatic heterocycles. The van der Waals surface area contributed by atoms with Crippen molar-refractivity contribution in [1.29, 1.82) is 0 Å². The van der Waals surface area contributed by atoms with E-state index in [4.69, 9.17) is 27.4 Å². The lowest BCUT2D eigenvalue weighted by Gasteiger charge is -2.45. The second-order valence-corrected chi connectivity index (χ2v) is 30.8. The van der Waals surface area contributed by atoms with Crippen molar-refractivity contribution >= 4 is 34.6 Å². The molecule has 1 unspecified atom stereocenters. The number of hydrogen-bond donors (Lipinski definition) is 2. The number of aromatic amines is 2. The summed E-state index contributed by atoms with van der Waals surface area (Å²) in [5, 5.41) is 1.47. The van der Waals surface area contributed by atoms with Crippen LogP contribution in [-0.2, 0) is 27.4 Å². The summed E-state index contributed by atoms with van der Waals surface area (Å²) in [5.74, 6) is 1.64. The Labute approximate surface area is 392 Å². The first-order valence-corrected chi connectivity index (χ1v) is 29.0. The van der Waals surface area contributed by atoms with Crippen molar-refractivity contribution in [1.82, 2.24) is 19.1 Å². The van der Waals surface area contributed by atoms with Gasteiger partial charge in [0.2, 0.25) is 0 Å². The molecule has 7 atom stereocenters. The van der Waals surface area contributed by atoms with E-state index >= 15 is 4.57 Å². The topological polar surface area (TPSA) is 182 Å².